The normalized spacial score (nSPS) is 21.1. The largest absolute Gasteiger partial charge is 0.381 e. The van der Waals surface area contributed by atoms with Crippen LogP contribution in [0.4, 0.5) is 5.69 Å². The van der Waals surface area contributed by atoms with Crippen molar-refractivity contribution in [3.8, 4) is 6.07 Å². The summed E-state index contributed by atoms with van der Waals surface area (Å²) < 4.78 is 11.3. The van der Waals surface area contributed by atoms with Gasteiger partial charge in [0.15, 0.2) is 5.82 Å². The lowest BCUT2D eigenvalue weighted by molar-refractivity contribution is 0.0253. The average molecular weight is 533 g/mol. The highest BCUT2D eigenvalue weighted by Gasteiger charge is 2.35. The Morgan fingerprint density at radius 2 is 1.92 bits per heavy atom. The number of hydrogen-bond acceptors (Lipinski definition) is 7. The molecule has 3 N–H and O–H groups in total. The minimum Gasteiger partial charge on any atom is -0.381 e. The van der Waals surface area contributed by atoms with Crippen LogP contribution in [-0.2, 0) is 15.0 Å². The van der Waals surface area contributed by atoms with Crippen molar-refractivity contribution in [2.45, 2.75) is 51.5 Å². The second-order valence-electron chi connectivity index (χ2n) is 11.6. The van der Waals surface area contributed by atoms with Crippen molar-refractivity contribution in [1.29, 1.82) is 5.26 Å². The molecular weight excluding hydrogens is 492 g/mol. The number of aromatic amines is 1. The molecule has 2 aliphatic heterocycles. The maximum atomic E-state index is 13.0. The second-order valence-corrected chi connectivity index (χ2v) is 11.6. The third-order valence-electron chi connectivity index (χ3n) is 8.39. The Hall–Kier alpha value is -3.03. The Kier molecular flexibility index (Phi) is 8.48. The fourth-order valence-corrected chi connectivity index (χ4v) is 5.78. The summed E-state index contributed by atoms with van der Waals surface area (Å²) in [5, 5.41) is 16.1. The number of morpholine rings is 1. The number of benzene rings is 1. The van der Waals surface area contributed by atoms with Gasteiger partial charge in [-0.3, -0.25) is 9.69 Å². The zero-order chi connectivity index (χ0) is 27.3. The van der Waals surface area contributed by atoms with E-state index in [9.17, 15) is 4.79 Å². The zero-order valence-electron chi connectivity index (χ0n) is 23.1. The van der Waals surface area contributed by atoms with Gasteiger partial charge >= 0.3 is 0 Å². The lowest BCUT2D eigenvalue weighted by Gasteiger charge is -2.40. The molecule has 208 valence electrons. The fourth-order valence-electron chi connectivity index (χ4n) is 5.78. The molecule has 3 heterocycles. The lowest BCUT2D eigenvalue weighted by atomic mass is 9.75. The second kappa shape index (κ2) is 12.0. The van der Waals surface area contributed by atoms with Gasteiger partial charge in [-0.05, 0) is 60.8 Å². The van der Waals surface area contributed by atoms with E-state index in [0.29, 0.717) is 0 Å². The monoisotopic (exact) mass is 532 g/mol. The average Bonchev–Trinajstić information content (AvgIpc) is 3.44. The van der Waals surface area contributed by atoms with Crippen LogP contribution in [0.1, 0.15) is 73.4 Å². The van der Waals surface area contributed by atoms with Crippen molar-refractivity contribution in [3.63, 3.8) is 0 Å². The molecule has 1 aromatic heterocycles. The van der Waals surface area contributed by atoms with Crippen LogP contribution in [0, 0.1) is 16.7 Å². The Balaban J connectivity index is 1.43. The number of nitriles is 1. The van der Waals surface area contributed by atoms with Crippen LogP contribution in [-0.4, -0.2) is 73.4 Å². The van der Waals surface area contributed by atoms with Crippen LogP contribution in [0.3, 0.4) is 0 Å². The van der Waals surface area contributed by atoms with E-state index in [2.05, 4.69) is 57.6 Å². The molecule has 0 saturated carbocycles. The van der Waals surface area contributed by atoms with Crippen molar-refractivity contribution in [3.05, 3.63) is 53.1 Å². The predicted molar refractivity (Wildman–Crippen MR) is 150 cm³/mol. The molecule has 0 radical (unpaired) electrons. The Labute approximate surface area is 231 Å². The number of hydrogen-bond donors (Lipinski definition) is 3. The summed E-state index contributed by atoms with van der Waals surface area (Å²) in [5.41, 5.74) is 4.67. The molecule has 0 atom stereocenters. The number of nitrogens with one attached hydrogen (secondary N) is 3. The van der Waals surface area contributed by atoms with Gasteiger partial charge in [0.1, 0.15) is 11.8 Å². The molecule has 39 heavy (non-hydrogen) atoms. The summed E-state index contributed by atoms with van der Waals surface area (Å²) in [6.07, 6.45) is 8.56. The third-order valence-corrected chi connectivity index (χ3v) is 8.39. The molecule has 2 fully saturated rings. The maximum Gasteiger partial charge on any atom is 0.291 e. The molecule has 3 aliphatic rings. The summed E-state index contributed by atoms with van der Waals surface area (Å²) in [5.74, 6) is -0.224. The van der Waals surface area contributed by atoms with Crippen LogP contribution in [0.2, 0.25) is 0 Å². The topological polar surface area (TPSA) is 115 Å². The van der Waals surface area contributed by atoms with Crippen molar-refractivity contribution in [2.24, 2.45) is 5.41 Å². The molecule has 0 spiro atoms. The van der Waals surface area contributed by atoms with Crippen LogP contribution >= 0.6 is 0 Å². The maximum absolute atomic E-state index is 13.0. The lowest BCUT2D eigenvalue weighted by Crippen LogP contribution is -2.50. The Morgan fingerprint density at radius 1 is 1.15 bits per heavy atom. The van der Waals surface area contributed by atoms with Gasteiger partial charge in [-0.2, -0.15) is 5.26 Å². The van der Waals surface area contributed by atoms with Crippen LogP contribution in [0.15, 0.2) is 30.5 Å². The summed E-state index contributed by atoms with van der Waals surface area (Å²) in [6, 6.07) is 8.43. The molecule has 1 amide bonds. The summed E-state index contributed by atoms with van der Waals surface area (Å²) >= 11 is 0. The highest BCUT2D eigenvalue weighted by atomic mass is 16.5. The first-order chi connectivity index (χ1) is 18.9. The van der Waals surface area contributed by atoms with E-state index < -0.39 is 0 Å². The number of amides is 1. The van der Waals surface area contributed by atoms with E-state index in [0.717, 1.165) is 96.0 Å². The van der Waals surface area contributed by atoms with E-state index in [4.69, 9.17) is 14.7 Å². The zero-order valence-corrected chi connectivity index (χ0v) is 23.1. The molecule has 2 aromatic rings. The first-order valence-electron chi connectivity index (χ1n) is 14.1. The van der Waals surface area contributed by atoms with Gasteiger partial charge in [0, 0.05) is 56.2 Å². The number of carbonyl (C=O) groups is 1. The van der Waals surface area contributed by atoms with Gasteiger partial charge in [0.2, 0.25) is 0 Å². The first kappa shape index (κ1) is 27.5. The Bertz CT molecular complexity index is 1230. The van der Waals surface area contributed by atoms with Gasteiger partial charge in [-0.15, -0.1) is 0 Å². The molecule has 2 saturated heterocycles. The molecule has 1 aromatic carbocycles. The molecule has 0 unspecified atom stereocenters. The molecule has 0 bridgehead atoms. The standard InChI is InChI=1S/C30H40N6O3/c1-29(2)7-5-22(6-8-29)25-19-23(3-4-26(25)35-28(37)27-32-21-24(20-31)34-27)30(9-15-38-16-10-30)33-11-12-36-13-17-39-18-14-36/h3-5,19,21,33H,6-18H2,1-2H3,(H,32,34)(H,35,37). The van der Waals surface area contributed by atoms with Crippen molar-refractivity contribution in [2.75, 3.05) is 57.9 Å². The number of carbonyl (C=O) groups excluding carboxylic acids is 1. The number of imidazole rings is 1. The summed E-state index contributed by atoms with van der Waals surface area (Å²) in [7, 11) is 0. The van der Waals surface area contributed by atoms with Crippen molar-refractivity contribution < 1.29 is 14.3 Å². The van der Waals surface area contributed by atoms with E-state index >= 15 is 0 Å². The summed E-state index contributed by atoms with van der Waals surface area (Å²) in [4.78, 5) is 22.4. The highest BCUT2D eigenvalue weighted by molar-refractivity contribution is 6.03. The number of ether oxygens (including phenoxy) is 2. The van der Waals surface area contributed by atoms with E-state index in [1.807, 2.05) is 12.1 Å². The summed E-state index contributed by atoms with van der Waals surface area (Å²) in [6.45, 7) is 11.5. The van der Waals surface area contributed by atoms with Gasteiger partial charge in [0.25, 0.3) is 5.91 Å². The molecule has 5 rings (SSSR count). The first-order valence-corrected chi connectivity index (χ1v) is 14.1. The number of aromatic nitrogens is 2. The molecular formula is C30H40N6O3. The number of H-pyrrole nitrogens is 1. The fraction of sp³-hybridized carbons (Fsp3) is 0.567. The predicted octanol–water partition coefficient (Wildman–Crippen LogP) is 4.05. The quantitative estimate of drug-likeness (QED) is 0.470. The number of allylic oxidation sites excluding steroid dienone is 2. The van der Waals surface area contributed by atoms with Gasteiger partial charge in [-0.25, -0.2) is 4.98 Å². The number of anilines is 1. The van der Waals surface area contributed by atoms with Crippen LogP contribution in [0.25, 0.3) is 5.57 Å². The minimum absolute atomic E-state index is 0.131. The molecule has 1 aliphatic carbocycles. The van der Waals surface area contributed by atoms with E-state index in [-0.39, 0.29) is 28.4 Å². The van der Waals surface area contributed by atoms with Crippen LogP contribution in [0.5, 0.6) is 0 Å². The highest BCUT2D eigenvalue weighted by Crippen LogP contribution is 2.42. The van der Waals surface area contributed by atoms with Crippen molar-refractivity contribution in [1.82, 2.24) is 20.2 Å². The van der Waals surface area contributed by atoms with E-state index in [1.54, 1.807) is 0 Å². The van der Waals surface area contributed by atoms with Gasteiger partial charge in [-0.1, -0.05) is 26.0 Å². The van der Waals surface area contributed by atoms with Gasteiger partial charge in [0.05, 0.1) is 19.4 Å². The van der Waals surface area contributed by atoms with E-state index in [1.165, 1.54) is 17.3 Å². The van der Waals surface area contributed by atoms with Crippen molar-refractivity contribution >= 4 is 17.2 Å². The number of rotatable bonds is 8. The van der Waals surface area contributed by atoms with Crippen LogP contribution < -0.4 is 10.6 Å². The number of nitrogens with zero attached hydrogens (tertiary/aromatic N) is 3. The minimum atomic E-state index is -0.355. The third kappa shape index (κ3) is 6.59. The smallest absolute Gasteiger partial charge is 0.291 e. The van der Waals surface area contributed by atoms with Gasteiger partial charge < -0.3 is 25.1 Å². The molecule has 9 heteroatoms. The SMILES string of the molecule is CC1(C)CC=C(c2cc(C3(NCCN4CCOCC4)CCOCC3)ccc2NC(=O)c2ncc(C#N)[nH]2)CC1. The molecule has 9 nitrogen and oxygen atoms in total. The Morgan fingerprint density at radius 3 is 2.62 bits per heavy atom.